The Bertz CT molecular complexity index is 443. The summed E-state index contributed by atoms with van der Waals surface area (Å²) in [5.74, 6) is -1.20. The zero-order valence-corrected chi connectivity index (χ0v) is 8.57. The van der Waals surface area contributed by atoms with Gasteiger partial charge in [0.05, 0.1) is 11.4 Å². The molecule has 1 aromatic rings. The fourth-order valence-electron chi connectivity index (χ4n) is 1.70. The zero-order chi connectivity index (χ0) is 11.7. The third-order valence-corrected chi connectivity index (χ3v) is 2.52. The van der Waals surface area contributed by atoms with Gasteiger partial charge in [-0.2, -0.15) is 0 Å². The second kappa shape index (κ2) is 3.92. The first-order valence-electron chi connectivity index (χ1n) is 5.00. The number of benzene rings is 1. The lowest BCUT2D eigenvalue weighted by atomic mass is 10.1. The van der Waals surface area contributed by atoms with Crippen molar-refractivity contribution in [1.82, 2.24) is 0 Å². The van der Waals surface area contributed by atoms with Crippen molar-refractivity contribution in [2.24, 2.45) is 0 Å². The number of hydrogen-bond donors (Lipinski definition) is 1. The molecule has 0 bridgehead atoms. The molecule has 0 spiro atoms. The van der Waals surface area contributed by atoms with Gasteiger partial charge >= 0.3 is 0 Å². The number of hydrogen-bond acceptors (Lipinski definition) is 3. The predicted octanol–water partition coefficient (Wildman–Crippen LogP) is 1.45. The van der Waals surface area contributed by atoms with Crippen LogP contribution in [0.4, 0.5) is 15.8 Å². The van der Waals surface area contributed by atoms with E-state index in [0.717, 1.165) is 11.0 Å². The Kier molecular flexibility index (Phi) is 2.60. The van der Waals surface area contributed by atoms with Crippen molar-refractivity contribution in [2.75, 3.05) is 10.6 Å². The second-order valence-electron chi connectivity index (χ2n) is 3.68. The van der Waals surface area contributed by atoms with Crippen LogP contribution in [0.3, 0.4) is 0 Å². The van der Waals surface area contributed by atoms with Crippen molar-refractivity contribution < 1.29 is 14.0 Å². The van der Waals surface area contributed by atoms with E-state index in [2.05, 4.69) is 0 Å². The number of nitrogens with zero attached hydrogens (tertiary/aromatic N) is 1. The highest BCUT2D eigenvalue weighted by atomic mass is 19.1. The number of carbonyl (C=O) groups is 2. The highest BCUT2D eigenvalue weighted by Crippen LogP contribution is 2.24. The van der Waals surface area contributed by atoms with Gasteiger partial charge in [-0.15, -0.1) is 0 Å². The Morgan fingerprint density at radius 3 is 2.38 bits per heavy atom. The minimum Gasteiger partial charge on any atom is -0.396 e. The van der Waals surface area contributed by atoms with Crippen LogP contribution in [0.25, 0.3) is 0 Å². The Labute approximate surface area is 91.8 Å². The molecule has 2 amide bonds. The number of piperidine rings is 1. The molecule has 1 heterocycles. The third kappa shape index (κ3) is 1.76. The van der Waals surface area contributed by atoms with E-state index in [-0.39, 0.29) is 23.2 Å². The summed E-state index contributed by atoms with van der Waals surface area (Å²) in [6.45, 7) is 0. The number of rotatable bonds is 1. The summed E-state index contributed by atoms with van der Waals surface area (Å²) >= 11 is 0. The largest absolute Gasteiger partial charge is 0.396 e. The van der Waals surface area contributed by atoms with Gasteiger partial charge in [0, 0.05) is 18.9 Å². The van der Waals surface area contributed by atoms with Gasteiger partial charge in [-0.1, -0.05) is 0 Å². The third-order valence-electron chi connectivity index (χ3n) is 2.52. The molecule has 2 N–H and O–H groups in total. The van der Waals surface area contributed by atoms with Gasteiger partial charge in [-0.05, 0) is 18.6 Å². The highest BCUT2D eigenvalue weighted by Gasteiger charge is 2.27. The molecular weight excluding hydrogens is 211 g/mol. The van der Waals surface area contributed by atoms with Crippen molar-refractivity contribution in [3.05, 3.63) is 24.0 Å². The van der Waals surface area contributed by atoms with Crippen molar-refractivity contribution in [3.8, 4) is 0 Å². The van der Waals surface area contributed by atoms with Gasteiger partial charge in [0.15, 0.2) is 0 Å². The molecule has 0 aliphatic carbocycles. The normalized spacial score (nSPS) is 16.7. The number of halogens is 1. The molecule has 1 aromatic carbocycles. The molecular formula is C11H11FN2O2. The Morgan fingerprint density at radius 2 is 1.81 bits per heavy atom. The summed E-state index contributed by atoms with van der Waals surface area (Å²) in [5, 5.41) is 0. The van der Waals surface area contributed by atoms with Gasteiger partial charge in [-0.25, -0.2) is 4.39 Å². The Hall–Kier alpha value is -1.91. The number of nitrogen functional groups attached to an aromatic ring is 1. The number of amides is 2. The van der Waals surface area contributed by atoms with Crippen molar-refractivity contribution in [3.63, 3.8) is 0 Å². The maximum Gasteiger partial charge on any atom is 0.233 e. The van der Waals surface area contributed by atoms with E-state index in [1.54, 1.807) is 0 Å². The van der Waals surface area contributed by atoms with Gasteiger partial charge in [0.1, 0.15) is 5.82 Å². The summed E-state index contributed by atoms with van der Waals surface area (Å²) in [6.07, 6.45) is 1.20. The molecule has 0 radical (unpaired) electrons. The fraction of sp³-hybridized carbons (Fsp3) is 0.273. The number of carbonyl (C=O) groups excluding carboxylic acids is 2. The Balaban J connectivity index is 2.38. The minimum atomic E-state index is -0.622. The van der Waals surface area contributed by atoms with Gasteiger partial charge in [0.25, 0.3) is 0 Å². The monoisotopic (exact) mass is 222 g/mol. The first-order chi connectivity index (χ1) is 7.59. The van der Waals surface area contributed by atoms with Crippen molar-refractivity contribution in [1.29, 1.82) is 0 Å². The van der Waals surface area contributed by atoms with E-state index in [4.69, 9.17) is 5.73 Å². The summed E-state index contributed by atoms with van der Waals surface area (Å²) in [5.41, 5.74) is 5.58. The van der Waals surface area contributed by atoms with Gasteiger partial charge in [0.2, 0.25) is 11.8 Å². The topological polar surface area (TPSA) is 63.4 Å². The van der Waals surface area contributed by atoms with E-state index in [1.807, 2.05) is 0 Å². The first-order valence-corrected chi connectivity index (χ1v) is 5.00. The SMILES string of the molecule is Nc1ccc(N2C(=O)CCCC2=O)cc1F. The quantitative estimate of drug-likeness (QED) is 0.577. The van der Waals surface area contributed by atoms with Crippen LogP contribution < -0.4 is 10.6 Å². The molecule has 0 aromatic heterocycles. The maximum absolute atomic E-state index is 13.2. The molecule has 0 saturated carbocycles. The van der Waals surface area contributed by atoms with Gasteiger partial charge < -0.3 is 5.73 Å². The summed E-state index contributed by atoms with van der Waals surface area (Å²) < 4.78 is 13.2. The zero-order valence-electron chi connectivity index (χ0n) is 8.57. The van der Waals surface area contributed by atoms with Crippen LogP contribution in [0.15, 0.2) is 18.2 Å². The Morgan fingerprint density at radius 1 is 1.19 bits per heavy atom. The smallest absolute Gasteiger partial charge is 0.233 e. The van der Waals surface area contributed by atoms with E-state index in [0.29, 0.717) is 19.3 Å². The lowest BCUT2D eigenvalue weighted by Gasteiger charge is -2.24. The van der Waals surface area contributed by atoms with Crippen LogP contribution in [0.2, 0.25) is 0 Å². The second-order valence-corrected chi connectivity index (χ2v) is 3.68. The molecule has 0 atom stereocenters. The van der Waals surface area contributed by atoms with E-state index in [1.165, 1.54) is 12.1 Å². The van der Waals surface area contributed by atoms with Crippen LogP contribution in [0, 0.1) is 5.82 Å². The molecule has 1 aliphatic heterocycles. The molecule has 4 nitrogen and oxygen atoms in total. The number of nitrogens with two attached hydrogens (primary N) is 1. The van der Waals surface area contributed by atoms with Crippen molar-refractivity contribution >= 4 is 23.2 Å². The van der Waals surface area contributed by atoms with E-state index >= 15 is 0 Å². The van der Waals surface area contributed by atoms with Crippen molar-refractivity contribution in [2.45, 2.75) is 19.3 Å². The summed E-state index contributed by atoms with van der Waals surface area (Å²) in [4.78, 5) is 24.1. The van der Waals surface area contributed by atoms with Crippen LogP contribution in [-0.4, -0.2) is 11.8 Å². The molecule has 2 rings (SSSR count). The van der Waals surface area contributed by atoms with Crippen LogP contribution in [0.5, 0.6) is 0 Å². The van der Waals surface area contributed by atoms with Crippen LogP contribution >= 0.6 is 0 Å². The average molecular weight is 222 g/mol. The van der Waals surface area contributed by atoms with E-state index < -0.39 is 5.82 Å². The molecule has 16 heavy (non-hydrogen) atoms. The van der Waals surface area contributed by atoms with Crippen LogP contribution in [0.1, 0.15) is 19.3 Å². The number of imide groups is 1. The molecule has 5 heteroatoms. The first kappa shape index (κ1) is 10.6. The lowest BCUT2D eigenvalue weighted by Crippen LogP contribution is -2.40. The minimum absolute atomic E-state index is 0.000609. The molecule has 84 valence electrons. The predicted molar refractivity (Wildman–Crippen MR) is 57.2 cm³/mol. The van der Waals surface area contributed by atoms with Gasteiger partial charge in [-0.3, -0.25) is 14.5 Å². The summed E-state index contributed by atoms with van der Waals surface area (Å²) in [7, 11) is 0. The molecule has 1 fully saturated rings. The molecule has 1 saturated heterocycles. The van der Waals surface area contributed by atoms with E-state index in [9.17, 15) is 14.0 Å². The maximum atomic E-state index is 13.2. The lowest BCUT2D eigenvalue weighted by molar-refractivity contribution is -0.129. The van der Waals surface area contributed by atoms with Crippen LogP contribution in [-0.2, 0) is 9.59 Å². The summed E-state index contributed by atoms with van der Waals surface area (Å²) in [6, 6.07) is 3.93. The standard InChI is InChI=1S/C11H11FN2O2/c12-8-6-7(4-5-9(8)13)14-10(15)2-1-3-11(14)16/h4-6H,1-3,13H2. The molecule has 0 unspecified atom stereocenters. The fourth-order valence-corrected chi connectivity index (χ4v) is 1.70. The highest BCUT2D eigenvalue weighted by molar-refractivity contribution is 6.16. The number of anilines is 2. The average Bonchev–Trinajstić information content (AvgIpc) is 2.23. The molecule has 1 aliphatic rings.